The predicted octanol–water partition coefficient (Wildman–Crippen LogP) is 3.68. The number of aromatic nitrogens is 5. The van der Waals surface area contributed by atoms with Crippen LogP contribution in [0.3, 0.4) is 0 Å². The van der Waals surface area contributed by atoms with E-state index >= 15 is 0 Å². The average molecular weight is 439 g/mol. The maximum atomic E-state index is 11.9. The van der Waals surface area contributed by atoms with E-state index in [1.807, 2.05) is 47.9 Å². The fourth-order valence-corrected chi connectivity index (χ4v) is 3.67. The largest absolute Gasteiger partial charge is 0.467 e. The normalized spacial score (nSPS) is 11.0. The zero-order chi connectivity index (χ0) is 21.6. The average Bonchev–Trinajstić information content (AvgIpc) is 3.51. The number of carbonyl (C=O) groups excluding carboxylic acids is 1. The molecule has 4 aromatic rings. The van der Waals surface area contributed by atoms with Crippen molar-refractivity contribution in [1.82, 2.24) is 24.9 Å². The lowest BCUT2D eigenvalue weighted by atomic mass is 10.1. The molecule has 3 heterocycles. The molecular formula is C21H21N5O4S. The van der Waals surface area contributed by atoms with Crippen molar-refractivity contribution in [1.29, 1.82) is 0 Å². The molecular weight excluding hydrogens is 418 g/mol. The summed E-state index contributed by atoms with van der Waals surface area (Å²) >= 11 is 1.39. The van der Waals surface area contributed by atoms with Gasteiger partial charge in [-0.2, -0.15) is 4.98 Å². The van der Waals surface area contributed by atoms with Crippen LogP contribution in [-0.4, -0.2) is 37.5 Å². The summed E-state index contributed by atoms with van der Waals surface area (Å²) in [6.07, 6.45) is 1.63. The summed E-state index contributed by atoms with van der Waals surface area (Å²) in [4.78, 5) is 16.4. The number of esters is 1. The van der Waals surface area contributed by atoms with Crippen molar-refractivity contribution in [2.75, 3.05) is 6.61 Å². The topological polar surface area (TPSA) is 109 Å². The van der Waals surface area contributed by atoms with Crippen LogP contribution in [0.25, 0.3) is 11.4 Å². The Morgan fingerprint density at radius 3 is 2.77 bits per heavy atom. The van der Waals surface area contributed by atoms with Crippen molar-refractivity contribution in [2.24, 2.45) is 0 Å². The molecule has 1 aromatic carbocycles. The Bertz CT molecular complexity index is 1140. The van der Waals surface area contributed by atoms with Crippen LogP contribution in [0.15, 0.2) is 56.8 Å². The third-order valence-corrected chi connectivity index (χ3v) is 5.35. The quantitative estimate of drug-likeness (QED) is 0.285. The van der Waals surface area contributed by atoms with Gasteiger partial charge in [0.2, 0.25) is 11.7 Å². The van der Waals surface area contributed by atoms with Crippen LogP contribution in [0.4, 0.5) is 0 Å². The zero-order valence-corrected chi connectivity index (χ0v) is 18.0. The van der Waals surface area contributed by atoms with Gasteiger partial charge in [0.15, 0.2) is 5.16 Å². The van der Waals surface area contributed by atoms with Gasteiger partial charge in [-0.15, -0.1) is 10.2 Å². The van der Waals surface area contributed by atoms with Crippen molar-refractivity contribution < 1.29 is 18.5 Å². The van der Waals surface area contributed by atoms with Crippen molar-refractivity contribution in [3.63, 3.8) is 0 Å². The lowest BCUT2D eigenvalue weighted by Crippen LogP contribution is -2.13. The number of nitrogens with zero attached hydrogens (tertiary/aromatic N) is 5. The summed E-state index contributed by atoms with van der Waals surface area (Å²) in [5.74, 6) is 2.30. The van der Waals surface area contributed by atoms with E-state index in [2.05, 4.69) is 20.3 Å². The van der Waals surface area contributed by atoms with Crippen molar-refractivity contribution in [2.45, 2.75) is 37.7 Å². The van der Waals surface area contributed by atoms with Gasteiger partial charge < -0.3 is 13.7 Å². The number of carbonyl (C=O) groups is 1. The molecule has 160 valence electrons. The van der Waals surface area contributed by atoms with Gasteiger partial charge in [-0.05, 0) is 26.0 Å². The molecule has 0 N–H and O–H groups in total. The first kappa shape index (κ1) is 20.9. The molecule has 0 saturated carbocycles. The van der Waals surface area contributed by atoms with Gasteiger partial charge in [-0.3, -0.25) is 9.36 Å². The molecule has 0 spiro atoms. The van der Waals surface area contributed by atoms with Crippen LogP contribution < -0.4 is 0 Å². The molecule has 3 aromatic heterocycles. The van der Waals surface area contributed by atoms with Gasteiger partial charge in [0, 0.05) is 5.56 Å². The molecule has 31 heavy (non-hydrogen) atoms. The third-order valence-electron chi connectivity index (χ3n) is 4.40. The van der Waals surface area contributed by atoms with Gasteiger partial charge in [-0.25, -0.2) is 0 Å². The summed E-state index contributed by atoms with van der Waals surface area (Å²) < 4.78 is 17.7. The number of rotatable bonds is 9. The zero-order valence-electron chi connectivity index (χ0n) is 17.1. The van der Waals surface area contributed by atoms with E-state index in [0.29, 0.717) is 41.6 Å². The highest BCUT2D eigenvalue weighted by molar-refractivity contribution is 7.98. The molecule has 0 aliphatic carbocycles. The lowest BCUT2D eigenvalue weighted by molar-refractivity contribution is -0.142. The third kappa shape index (κ3) is 5.21. The number of benzene rings is 1. The number of furan rings is 1. The van der Waals surface area contributed by atoms with E-state index in [1.165, 1.54) is 11.8 Å². The smallest absolute Gasteiger partial charge is 0.313 e. The number of hydrogen-bond acceptors (Lipinski definition) is 9. The van der Waals surface area contributed by atoms with Gasteiger partial charge in [0.05, 0.1) is 25.2 Å². The van der Waals surface area contributed by atoms with E-state index < -0.39 is 0 Å². The SMILES string of the molecule is CCOC(=O)Cc1nnc(SCc2nc(-c3ccc(C)cc3)no2)n1Cc1ccco1. The van der Waals surface area contributed by atoms with Crippen LogP contribution in [0.1, 0.15) is 30.0 Å². The molecule has 0 atom stereocenters. The molecule has 0 saturated heterocycles. The minimum absolute atomic E-state index is 0.0280. The lowest BCUT2D eigenvalue weighted by Gasteiger charge is -2.08. The van der Waals surface area contributed by atoms with Gasteiger partial charge in [0.1, 0.15) is 18.0 Å². The van der Waals surface area contributed by atoms with E-state index in [1.54, 1.807) is 13.2 Å². The second-order valence-corrected chi connectivity index (χ2v) is 7.66. The number of aryl methyl sites for hydroxylation is 1. The molecule has 4 rings (SSSR count). The molecule has 9 nitrogen and oxygen atoms in total. The molecule has 0 bridgehead atoms. The molecule has 0 fully saturated rings. The molecule has 0 amide bonds. The van der Waals surface area contributed by atoms with E-state index in [9.17, 15) is 4.79 Å². The van der Waals surface area contributed by atoms with E-state index in [4.69, 9.17) is 13.7 Å². The summed E-state index contributed by atoms with van der Waals surface area (Å²) in [6.45, 7) is 4.50. The first-order valence-corrected chi connectivity index (χ1v) is 10.7. The molecule has 10 heteroatoms. The number of thioether (sulfide) groups is 1. The summed E-state index contributed by atoms with van der Waals surface area (Å²) in [5.41, 5.74) is 2.06. The monoisotopic (exact) mass is 439 g/mol. The van der Waals surface area contributed by atoms with Gasteiger partial charge in [-0.1, -0.05) is 46.7 Å². The molecule has 0 unspecified atom stereocenters. The number of ether oxygens (including phenoxy) is 1. The van der Waals surface area contributed by atoms with Crippen molar-refractivity contribution >= 4 is 17.7 Å². The molecule has 0 aliphatic heterocycles. The summed E-state index contributed by atoms with van der Waals surface area (Å²) in [7, 11) is 0. The fraction of sp³-hybridized carbons (Fsp3) is 0.286. The van der Waals surface area contributed by atoms with Crippen LogP contribution in [0, 0.1) is 6.92 Å². The Hall–Kier alpha value is -3.40. The highest BCUT2D eigenvalue weighted by atomic mass is 32.2. The van der Waals surface area contributed by atoms with Crippen molar-refractivity contribution in [3.05, 3.63) is 65.7 Å². The van der Waals surface area contributed by atoms with Gasteiger partial charge in [0.25, 0.3) is 0 Å². The standard InChI is InChI=1S/C21H21N5O4S/c1-3-28-19(27)11-17-23-24-21(26(17)12-16-5-4-10-29-16)31-13-18-22-20(25-30-18)15-8-6-14(2)7-9-15/h4-10H,3,11-13H2,1-2H3. The Balaban J connectivity index is 1.49. The van der Waals surface area contributed by atoms with Crippen LogP contribution in [-0.2, 0) is 28.2 Å². The minimum Gasteiger partial charge on any atom is -0.467 e. The predicted molar refractivity (Wildman–Crippen MR) is 112 cm³/mol. The molecule has 0 radical (unpaired) electrons. The summed E-state index contributed by atoms with van der Waals surface area (Å²) in [5, 5.41) is 13.1. The van der Waals surface area contributed by atoms with Crippen LogP contribution >= 0.6 is 11.8 Å². The second kappa shape index (κ2) is 9.61. The Morgan fingerprint density at radius 2 is 2.03 bits per heavy atom. The van der Waals surface area contributed by atoms with E-state index in [0.717, 1.165) is 16.9 Å². The second-order valence-electron chi connectivity index (χ2n) is 6.71. The van der Waals surface area contributed by atoms with Gasteiger partial charge >= 0.3 is 5.97 Å². The fourth-order valence-electron chi connectivity index (χ4n) is 2.87. The summed E-state index contributed by atoms with van der Waals surface area (Å²) in [6, 6.07) is 11.6. The highest BCUT2D eigenvalue weighted by Gasteiger charge is 2.19. The van der Waals surface area contributed by atoms with Crippen LogP contribution in [0.5, 0.6) is 0 Å². The minimum atomic E-state index is -0.355. The van der Waals surface area contributed by atoms with Crippen LogP contribution in [0.2, 0.25) is 0 Å². The van der Waals surface area contributed by atoms with Crippen molar-refractivity contribution in [3.8, 4) is 11.4 Å². The Morgan fingerprint density at radius 1 is 1.19 bits per heavy atom. The Labute approximate surface area is 182 Å². The first-order valence-electron chi connectivity index (χ1n) is 9.75. The maximum absolute atomic E-state index is 11.9. The Kier molecular flexibility index (Phi) is 6.46. The highest BCUT2D eigenvalue weighted by Crippen LogP contribution is 2.24. The first-order chi connectivity index (χ1) is 15.1. The number of hydrogen-bond donors (Lipinski definition) is 0. The molecule has 0 aliphatic rings. The van der Waals surface area contributed by atoms with E-state index in [-0.39, 0.29) is 12.4 Å². The maximum Gasteiger partial charge on any atom is 0.313 e.